The largest absolute Gasteiger partial charge is 0.490 e. The lowest BCUT2D eigenvalue weighted by Crippen LogP contribution is -2.34. The van der Waals surface area contributed by atoms with Crippen LogP contribution in [0.5, 0.6) is 17.2 Å². The van der Waals surface area contributed by atoms with Crippen LogP contribution in [0.15, 0.2) is 41.3 Å². The molecule has 0 spiro atoms. The van der Waals surface area contributed by atoms with Crippen LogP contribution in [0.4, 0.5) is 16.2 Å². The molecule has 0 aromatic heterocycles. The Labute approximate surface area is 201 Å². The van der Waals surface area contributed by atoms with Gasteiger partial charge in [-0.1, -0.05) is 6.07 Å². The molecule has 0 aliphatic carbocycles. The van der Waals surface area contributed by atoms with Crippen LogP contribution in [0.3, 0.4) is 0 Å². The predicted octanol–water partition coefficient (Wildman–Crippen LogP) is 3.90. The molecule has 0 radical (unpaired) electrons. The summed E-state index contributed by atoms with van der Waals surface area (Å²) in [7, 11) is 1.14. The monoisotopic (exact) mass is 503 g/mol. The van der Waals surface area contributed by atoms with Gasteiger partial charge in [-0.3, -0.25) is 39.5 Å². The van der Waals surface area contributed by atoms with E-state index >= 15 is 0 Å². The number of nitrogens with zero attached hydrogens (tertiary/aromatic N) is 3. The molecular formula is C21H17N3O10S. The summed E-state index contributed by atoms with van der Waals surface area (Å²) >= 11 is 0.653. The maximum absolute atomic E-state index is 12.5. The van der Waals surface area contributed by atoms with Crippen molar-refractivity contribution in [3.63, 3.8) is 0 Å². The van der Waals surface area contributed by atoms with Crippen LogP contribution < -0.4 is 9.47 Å². The molecule has 0 saturated carbocycles. The average Bonchev–Trinajstić information content (AvgIpc) is 3.07. The molecule has 1 heterocycles. The highest BCUT2D eigenvalue weighted by atomic mass is 32.2. The van der Waals surface area contributed by atoms with Crippen LogP contribution in [-0.4, -0.2) is 52.1 Å². The van der Waals surface area contributed by atoms with Gasteiger partial charge in [0.05, 0.1) is 34.5 Å². The Kier molecular flexibility index (Phi) is 7.66. The van der Waals surface area contributed by atoms with Crippen LogP contribution >= 0.6 is 11.8 Å². The van der Waals surface area contributed by atoms with E-state index in [1.165, 1.54) is 24.3 Å². The maximum atomic E-state index is 12.5. The number of nitro groups is 2. The van der Waals surface area contributed by atoms with Gasteiger partial charge in [0, 0.05) is 6.07 Å². The van der Waals surface area contributed by atoms with Crippen LogP contribution in [-0.2, 0) is 14.3 Å². The number of hydrogen-bond acceptors (Lipinski definition) is 11. The van der Waals surface area contributed by atoms with Crippen LogP contribution in [0.25, 0.3) is 6.08 Å². The van der Waals surface area contributed by atoms with E-state index in [-0.39, 0.29) is 28.8 Å². The van der Waals surface area contributed by atoms with Gasteiger partial charge in [0.1, 0.15) is 6.54 Å². The van der Waals surface area contributed by atoms with Gasteiger partial charge < -0.3 is 14.2 Å². The zero-order valence-electron chi connectivity index (χ0n) is 18.3. The van der Waals surface area contributed by atoms with Gasteiger partial charge in [-0.05, 0) is 48.5 Å². The quantitative estimate of drug-likeness (QED) is 0.210. The summed E-state index contributed by atoms with van der Waals surface area (Å²) in [5.74, 6) is -1.39. The molecule has 14 heteroatoms. The fraction of sp³-hybridized carbons (Fsp3) is 0.190. The van der Waals surface area contributed by atoms with Crippen molar-refractivity contribution < 1.29 is 38.4 Å². The molecule has 0 N–H and O–H groups in total. The number of methoxy groups -OCH3 is 1. The van der Waals surface area contributed by atoms with Gasteiger partial charge in [0.25, 0.3) is 16.8 Å². The van der Waals surface area contributed by atoms with Gasteiger partial charge in [0.2, 0.25) is 5.75 Å². The lowest BCUT2D eigenvalue weighted by atomic mass is 10.1. The van der Waals surface area contributed by atoms with E-state index < -0.39 is 44.9 Å². The molecule has 1 saturated heterocycles. The van der Waals surface area contributed by atoms with Crippen molar-refractivity contribution in [1.82, 2.24) is 4.90 Å². The second-order valence-corrected chi connectivity index (χ2v) is 7.74. The third-order valence-electron chi connectivity index (χ3n) is 4.52. The van der Waals surface area contributed by atoms with Crippen molar-refractivity contribution in [2.45, 2.75) is 6.92 Å². The van der Waals surface area contributed by atoms with Gasteiger partial charge in [-0.15, -0.1) is 0 Å². The average molecular weight is 503 g/mol. The molecule has 0 bridgehead atoms. The summed E-state index contributed by atoms with van der Waals surface area (Å²) in [6.45, 7) is 1.39. The lowest BCUT2D eigenvalue weighted by molar-refractivity contribution is -0.394. The summed E-state index contributed by atoms with van der Waals surface area (Å²) in [5, 5.41) is 21.7. The second-order valence-electron chi connectivity index (χ2n) is 6.75. The molecule has 182 valence electrons. The van der Waals surface area contributed by atoms with Crippen molar-refractivity contribution >= 4 is 46.3 Å². The number of carbonyl (C=O) groups is 3. The van der Waals surface area contributed by atoms with Crippen molar-refractivity contribution in [3.05, 3.63) is 67.1 Å². The Morgan fingerprint density at radius 1 is 1.06 bits per heavy atom. The summed E-state index contributed by atoms with van der Waals surface area (Å²) < 4.78 is 15.7. The van der Waals surface area contributed by atoms with Gasteiger partial charge in [-0.2, -0.15) is 0 Å². The fourth-order valence-corrected chi connectivity index (χ4v) is 3.75. The molecular weight excluding hydrogens is 486 g/mol. The standard InChI is InChI=1S/C21H17N3O10S/c1-3-33-17-8-12(9-18-20(26)22(21(27)35-18)11-19(25)32-2)4-6-16(17)34-15-7-5-13(23(28)29)10-14(15)24(30)31/h4-10H,3,11H2,1-2H3/b18-9-. The number of amides is 2. The molecule has 0 unspecified atom stereocenters. The van der Waals surface area contributed by atoms with E-state index in [4.69, 9.17) is 9.47 Å². The van der Waals surface area contributed by atoms with E-state index in [0.717, 1.165) is 30.2 Å². The minimum atomic E-state index is -0.804. The summed E-state index contributed by atoms with van der Waals surface area (Å²) in [6, 6.07) is 7.40. The number of carbonyl (C=O) groups excluding carboxylic acids is 3. The molecule has 1 aliphatic rings. The van der Waals surface area contributed by atoms with Crippen LogP contribution in [0.2, 0.25) is 0 Å². The first-order valence-electron chi connectivity index (χ1n) is 9.84. The maximum Gasteiger partial charge on any atom is 0.325 e. The normalized spacial score (nSPS) is 14.2. The van der Waals surface area contributed by atoms with E-state index in [1.807, 2.05) is 0 Å². The SMILES string of the molecule is CCOc1cc(/C=C2\SC(=O)N(CC(=O)OC)C2=O)ccc1Oc1ccc([N+](=O)[O-])cc1[N+](=O)[O-]. The first-order valence-corrected chi connectivity index (χ1v) is 10.7. The Bertz CT molecular complexity index is 1260. The molecule has 1 fully saturated rings. The summed E-state index contributed by atoms with van der Waals surface area (Å²) in [5.41, 5.74) is -0.627. The summed E-state index contributed by atoms with van der Waals surface area (Å²) in [4.78, 5) is 57.6. The number of nitro benzene ring substituents is 2. The number of hydrogen-bond donors (Lipinski definition) is 0. The molecule has 35 heavy (non-hydrogen) atoms. The Morgan fingerprint density at radius 2 is 1.77 bits per heavy atom. The summed E-state index contributed by atoms with van der Waals surface area (Å²) in [6.07, 6.45) is 1.42. The first-order chi connectivity index (χ1) is 16.6. The molecule has 0 atom stereocenters. The Hall–Kier alpha value is -4.46. The number of ether oxygens (including phenoxy) is 3. The van der Waals surface area contributed by atoms with E-state index in [0.29, 0.717) is 17.3 Å². The number of rotatable bonds is 9. The highest BCUT2D eigenvalue weighted by molar-refractivity contribution is 8.18. The predicted molar refractivity (Wildman–Crippen MR) is 122 cm³/mol. The number of benzene rings is 2. The second kappa shape index (κ2) is 10.6. The lowest BCUT2D eigenvalue weighted by Gasteiger charge is -2.13. The minimum Gasteiger partial charge on any atom is -0.490 e. The number of imide groups is 1. The molecule has 2 aromatic rings. The van der Waals surface area contributed by atoms with Crippen molar-refractivity contribution in [2.24, 2.45) is 0 Å². The van der Waals surface area contributed by atoms with Gasteiger partial charge >= 0.3 is 11.7 Å². The third kappa shape index (κ3) is 5.73. The Balaban J connectivity index is 1.91. The van der Waals surface area contributed by atoms with Crippen molar-refractivity contribution in [3.8, 4) is 17.2 Å². The molecule has 13 nitrogen and oxygen atoms in total. The van der Waals surface area contributed by atoms with Gasteiger partial charge in [0.15, 0.2) is 11.5 Å². The number of esters is 1. The minimum absolute atomic E-state index is 0.0704. The zero-order valence-corrected chi connectivity index (χ0v) is 19.1. The topological polar surface area (TPSA) is 168 Å². The highest BCUT2D eigenvalue weighted by Crippen LogP contribution is 2.39. The van der Waals surface area contributed by atoms with E-state index in [1.54, 1.807) is 6.92 Å². The third-order valence-corrected chi connectivity index (χ3v) is 5.43. The van der Waals surface area contributed by atoms with Gasteiger partial charge in [-0.25, -0.2) is 0 Å². The Morgan fingerprint density at radius 3 is 2.40 bits per heavy atom. The van der Waals surface area contributed by atoms with Crippen molar-refractivity contribution in [2.75, 3.05) is 20.3 Å². The zero-order chi connectivity index (χ0) is 25.7. The molecule has 3 rings (SSSR count). The van der Waals surface area contributed by atoms with E-state index in [2.05, 4.69) is 4.74 Å². The number of thioether (sulfide) groups is 1. The molecule has 2 aromatic carbocycles. The smallest absolute Gasteiger partial charge is 0.325 e. The number of non-ortho nitro benzene ring substituents is 1. The highest BCUT2D eigenvalue weighted by Gasteiger charge is 2.36. The van der Waals surface area contributed by atoms with Crippen LogP contribution in [0.1, 0.15) is 12.5 Å². The fourth-order valence-electron chi connectivity index (χ4n) is 2.92. The van der Waals surface area contributed by atoms with Crippen molar-refractivity contribution in [1.29, 1.82) is 0 Å². The van der Waals surface area contributed by atoms with Crippen LogP contribution in [0, 0.1) is 20.2 Å². The molecule has 1 aliphatic heterocycles. The van der Waals surface area contributed by atoms with E-state index in [9.17, 15) is 34.6 Å². The first kappa shape index (κ1) is 25.2. The molecule has 2 amide bonds.